The van der Waals surface area contributed by atoms with Crippen molar-refractivity contribution in [1.82, 2.24) is 4.90 Å². The van der Waals surface area contributed by atoms with Gasteiger partial charge in [0.1, 0.15) is 5.67 Å². The first-order valence-electron chi connectivity index (χ1n) is 6.32. The van der Waals surface area contributed by atoms with E-state index in [0.29, 0.717) is 6.54 Å². The Bertz CT molecular complexity index is 229. The van der Waals surface area contributed by atoms with Crippen LogP contribution in [0.15, 0.2) is 0 Å². The fraction of sp³-hybridized carbons (Fsp3) is 1.00. The molecule has 0 aromatic rings. The zero-order valence-corrected chi connectivity index (χ0v) is 10.4. The molecule has 0 spiro atoms. The van der Waals surface area contributed by atoms with Crippen molar-refractivity contribution in [1.29, 1.82) is 0 Å². The molecule has 0 amide bonds. The third-order valence-electron chi connectivity index (χ3n) is 4.08. The summed E-state index contributed by atoms with van der Waals surface area (Å²) >= 11 is 0. The van der Waals surface area contributed by atoms with Crippen LogP contribution in [-0.2, 0) is 0 Å². The fourth-order valence-corrected chi connectivity index (χ4v) is 2.53. The maximum absolute atomic E-state index is 14.8. The zero-order valence-electron chi connectivity index (χ0n) is 10.4. The Kier molecular flexibility index (Phi) is 2.83. The molecule has 88 valence electrons. The minimum atomic E-state index is -0.972. The van der Waals surface area contributed by atoms with Crippen molar-refractivity contribution in [2.45, 2.75) is 52.1 Å². The number of likely N-dealkylation sites (tertiary alicyclic amines) is 1. The van der Waals surface area contributed by atoms with E-state index in [4.69, 9.17) is 0 Å². The largest absolute Gasteiger partial charge is 0.300 e. The Balaban J connectivity index is 1.95. The highest BCUT2D eigenvalue weighted by molar-refractivity contribution is 4.97. The number of hydrogen-bond donors (Lipinski definition) is 0. The lowest BCUT2D eigenvalue weighted by Crippen LogP contribution is -2.52. The average Bonchev–Trinajstić information content (AvgIpc) is 2.86. The Morgan fingerprint density at radius 2 is 2.00 bits per heavy atom. The first-order valence-corrected chi connectivity index (χ1v) is 6.32. The molecule has 0 bridgehead atoms. The number of alkyl halides is 1. The molecule has 2 rings (SSSR count). The van der Waals surface area contributed by atoms with E-state index in [9.17, 15) is 4.39 Å². The molecule has 0 radical (unpaired) electrons. The van der Waals surface area contributed by atoms with Crippen molar-refractivity contribution in [3.63, 3.8) is 0 Å². The van der Waals surface area contributed by atoms with Crippen molar-refractivity contribution in [3.05, 3.63) is 0 Å². The Labute approximate surface area is 93.0 Å². The van der Waals surface area contributed by atoms with Crippen LogP contribution in [0.3, 0.4) is 0 Å². The summed E-state index contributed by atoms with van der Waals surface area (Å²) in [6, 6.07) is 0. The molecule has 1 aliphatic heterocycles. The van der Waals surface area contributed by atoms with Crippen molar-refractivity contribution in [2.24, 2.45) is 11.3 Å². The molecule has 2 heteroatoms. The van der Waals surface area contributed by atoms with E-state index in [1.165, 1.54) is 12.8 Å². The first kappa shape index (κ1) is 11.4. The van der Waals surface area contributed by atoms with E-state index >= 15 is 0 Å². The number of nitrogens with zero attached hydrogens (tertiary/aromatic N) is 1. The van der Waals surface area contributed by atoms with Gasteiger partial charge in [-0.15, -0.1) is 0 Å². The lowest BCUT2D eigenvalue weighted by atomic mass is 9.73. The third-order valence-corrected chi connectivity index (χ3v) is 4.08. The predicted molar refractivity (Wildman–Crippen MR) is 61.7 cm³/mol. The van der Waals surface area contributed by atoms with Gasteiger partial charge in [0.15, 0.2) is 0 Å². The van der Waals surface area contributed by atoms with Gasteiger partial charge in [-0.25, -0.2) is 4.39 Å². The molecule has 0 aromatic carbocycles. The SMILES string of the molecule is CC(C)(C)C1(F)CCCN(CC2CC2)C1. The zero-order chi connectivity index (χ0) is 11.1. The van der Waals surface area contributed by atoms with Gasteiger partial charge in [-0.2, -0.15) is 0 Å². The van der Waals surface area contributed by atoms with Crippen LogP contribution < -0.4 is 0 Å². The molecular weight excluding hydrogens is 189 g/mol. The number of halogens is 1. The number of rotatable bonds is 2. The highest BCUT2D eigenvalue weighted by Gasteiger charge is 2.45. The van der Waals surface area contributed by atoms with Crippen molar-refractivity contribution < 1.29 is 4.39 Å². The van der Waals surface area contributed by atoms with Gasteiger partial charge in [0.25, 0.3) is 0 Å². The van der Waals surface area contributed by atoms with E-state index in [0.717, 1.165) is 31.8 Å². The van der Waals surface area contributed by atoms with Crippen LogP contribution in [0.5, 0.6) is 0 Å². The van der Waals surface area contributed by atoms with Gasteiger partial charge in [-0.1, -0.05) is 20.8 Å². The molecule has 2 aliphatic rings. The van der Waals surface area contributed by atoms with Crippen LogP contribution in [0, 0.1) is 11.3 Å². The predicted octanol–water partition coefficient (Wildman–Crippen LogP) is 3.25. The highest BCUT2D eigenvalue weighted by Crippen LogP contribution is 2.42. The summed E-state index contributed by atoms with van der Waals surface area (Å²) in [7, 11) is 0. The van der Waals surface area contributed by atoms with Crippen LogP contribution in [0.25, 0.3) is 0 Å². The Morgan fingerprint density at radius 1 is 1.33 bits per heavy atom. The molecule has 1 nitrogen and oxygen atoms in total. The van der Waals surface area contributed by atoms with Gasteiger partial charge >= 0.3 is 0 Å². The molecule has 1 saturated carbocycles. The molecule has 1 heterocycles. The second kappa shape index (κ2) is 3.73. The lowest BCUT2D eigenvalue weighted by molar-refractivity contribution is -0.0396. The van der Waals surface area contributed by atoms with Crippen molar-refractivity contribution >= 4 is 0 Å². The standard InChI is InChI=1S/C13H24FN/c1-12(2,3)13(14)7-4-8-15(10-13)9-11-5-6-11/h11H,4-10H2,1-3H3. The van der Waals surface area contributed by atoms with Gasteiger partial charge in [-0.05, 0) is 43.6 Å². The van der Waals surface area contributed by atoms with Crippen LogP contribution in [0.1, 0.15) is 46.5 Å². The molecule has 0 N–H and O–H groups in total. The Morgan fingerprint density at radius 3 is 2.53 bits per heavy atom. The van der Waals surface area contributed by atoms with Crippen molar-refractivity contribution in [2.75, 3.05) is 19.6 Å². The highest BCUT2D eigenvalue weighted by atomic mass is 19.1. The lowest BCUT2D eigenvalue weighted by Gasteiger charge is -2.45. The monoisotopic (exact) mass is 213 g/mol. The Hall–Kier alpha value is -0.110. The van der Waals surface area contributed by atoms with Gasteiger partial charge in [0.05, 0.1) is 0 Å². The molecule has 0 aromatic heterocycles. The smallest absolute Gasteiger partial charge is 0.128 e. The molecule has 1 atom stereocenters. The fourth-order valence-electron chi connectivity index (χ4n) is 2.53. The summed E-state index contributed by atoms with van der Waals surface area (Å²) in [5.41, 5.74) is -1.19. The third kappa shape index (κ3) is 2.52. The summed E-state index contributed by atoms with van der Waals surface area (Å²) in [4.78, 5) is 2.35. The van der Waals surface area contributed by atoms with Crippen LogP contribution in [-0.4, -0.2) is 30.2 Å². The normalized spacial score (nSPS) is 34.4. The van der Waals surface area contributed by atoms with Gasteiger partial charge in [0, 0.05) is 13.1 Å². The average molecular weight is 213 g/mol. The molecule has 15 heavy (non-hydrogen) atoms. The number of piperidine rings is 1. The van der Waals surface area contributed by atoms with E-state index in [2.05, 4.69) is 4.90 Å². The summed E-state index contributed by atoms with van der Waals surface area (Å²) < 4.78 is 14.8. The van der Waals surface area contributed by atoms with Crippen LogP contribution in [0.2, 0.25) is 0 Å². The second-order valence-electron chi connectivity index (χ2n) is 6.50. The van der Waals surface area contributed by atoms with E-state index in [1.807, 2.05) is 20.8 Å². The summed E-state index contributed by atoms with van der Waals surface area (Å²) in [6.45, 7) is 9.02. The first-order chi connectivity index (χ1) is 6.91. The summed E-state index contributed by atoms with van der Waals surface area (Å²) in [5, 5.41) is 0. The van der Waals surface area contributed by atoms with Crippen LogP contribution >= 0.6 is 0 Å². The molecule has 1 saturated heterocycles. The maximum Gasteiger partial charge on any atom is 0.128 e. The molecule has 2 fully saturated rings. The van der Waals surface area contributed by atoms with Crippen molar-refractivity contribution in [3.8, 4) is 0 Å². The second-order valence-corrected chi connectivity index (χ2v) is 6.50. The van der Waals surface area contributed by atoms with E-state index in [-0.39, 0.29) is 5.41 Å². The van der Waals surface area contributed by atoms with Gasteiger partial charge in [0.2, 0.25) is 0 Å². The quantitative estimate of drug-likeness (QED) is 0.680. The molecule has 1 aliphatic carbocycles. The van der Waals surface area contributed by atoms with E-state index in [1.54, 1.807) is 0 Å². The topological polar surface area (TPSA) is 3.24 Å². The molecule has 1 unspecified atom stereocenters. The van der Waals surface area contributed by atoms with Gasteiger partial charge in [-0.3, -0.25) is 4.90 Å². The van der Waals surface area contributed by atoms with Gasteiger partial charge < -0.3 is 0 Å². The van der Waals surface area contributed by atoms with Crippen LogP contribution in [0.4, 0.5) is 4.39 Å². The number of hydrogen-bond acceptors (Lipinski definition) is 1. The maximum atomic E-state index is 14.8. The minimum absolute atomic E-state index is 0.213. The summed E-state index contributed by atoms with van der Waals surface area (Å²) in [6.07, 6.45) is 4.51. The van der Waals surface area contributed by atoms with E-state index < -0.39 is 5.67 Å². The minimum Gasteiger partial charge on any atom is -0.300 e. The molecular formula is C13H24FN. The summed E-state index contributed by atoms with van der Waals surface area (Å²) in [5.74, 6) is 0.882.